The number of aryl methyl sites for hydroxylation is 2. The third-order valence-corrected chi connectivity index (χ3v) is 6.99. The van der Waals surface area contributed by atoms with Gasteiger partial charge in [0.05, 0.1) is 35.1 Å². The second kappa shape index (κ2) is 8.13. The molecule has 1 aliphatic rings. The number of hydrogen-bond acceptors (Lipinski definition) is 6. The summed E-state index contributed by atoms with van der Waals surface area (Å²) in [5.41, 5.74) is 3.47. The second-order valence-electron chi connectivity index (χ2n) is 7.16. The highest BCUT2D eigenvalue weighted by Crippen LogP contribution is 2.18. The summed E-state index contributed by atoms with van der Waals surface area (Å²) in [4.78, 5) is 17.1. The number of benzene rings is 1. The number of morpholine rings is 1. The van der Waals surface area contributed by atoms with Gasteiger partial charge in [-0.2, -0.15) is 9.40 Å². The summed E-state index contributed by atoms with van der Waals surface area (Å²) in [5, 5.41) is 7.20. The van der Waals surface area contributed by atoms with Crippen LogP contribution in [0.15, 0.2) is 41.4 Å². The predicted molar refractivity (Wildman–Crippen MR) is 110 cm³/mol. The topological polar surface area (TPSA) is 106 Å². The lowest BCUT2D eigenvalue weighted by Gasteiger charge is -2.26. The number of aromatic nitrogens is 3. The van der Waals surface area contributed by atoms with Crippen LogP contribution in [0.1, 0.15) is 27.3 Å². The number of hydrogen-bond donors (Lipinski definition) is 1. The average Bonchev–Trinajstić information content (AvgIpc) is 3.14. The first-order valence-electron chi connectivity index (χ1n) is 9.63. The van der Waals surface area contributed by atoms with Gasteiger partial charge in [-0.05, 0) is 31.5 Å². The Morgan fingerprint density at radius 2 is 1.87 bits per heavy atom. The minimum Gasteiger partial charge on any atom is -0.379 e. The summed E-state index contributed by atoms with van der Waals surface area (Å²) < 4.78 is 33.7. The third kappa shape index (κ3) is 3.93. The van der Waals surface area contributed by atoms with Gasteiger partial charge in [-0.15, -0.1) is 0 Å². The molecule has 1 saturated heterocycles. The number of nitrogens with one attached hydrogen (secondary N) is 1. The number of carbonyl (C=O) groups is 1. The molecule has 0 unspecified atom stereocenters. The molecule has 1 N–H and O–H groups in total. The van der Waals surface area contributed by atoms with Crippen molar-refractivity contribution in [1.82, 2.24) is 24.2 Å². The molecule has 0 radical (unpaired) electrons. The Kier molecular flexibility index (Phi) is 5.54. The Hall–Kier alpha value is -2.82. The number of nitrogens with zero attached hydrogens (tertiary/aromatic N) is 4. The van der Waals surface area contributed by atoms with Gasteiger partial charge in [0.25, 0.3) is 5.91 Å². The first-order valence-corrected chi connectivity index (χ1v) is 11.1. The van der Waals surface area contributed by atoms with E-state index in [0.717, 1.165) is 11.3 Å². The summed E-state index contributed by atoms with van der Waals surface area (Å²) in [5.74, 6) is -0.264. The van der Waals surface area contributed by atoms with E-state index in [2.05, 4.69) is 15.4 Å². The molecule has 0 atom stereocenters. The van der Waals surface area contributed by atoms with E-state index in [1.807, 2.05) is 19.9 Å². The number of fused-ring (bicyclic) bond motifs is 1. The molecule has 3 heterocycles. The molecule has 10 heteroatoms. The molecular weight excluding hydrogens is 406 g/mol. The maximum Gasteiger partial charge on any atom is 0.254 e. The van der Waals surface area contributed by atoms with Crippen molar-refractivity contribution in [3.63, 3.8) is 0 Å². The van der Waals surface area contributed by atoms with Gasteiger partial charge in [0.1, 0.15) is 0 Å². The van der Waals surface area contributed by atoms with E-state index in [4.69, 9.17) is 4.74 Å². The predicted octanol–water partition coefficient (Wildman–Crippen LogP) is 1.30. The van der Waals surface area contributed by atoms with Crippen LogP contribution in [0, 0.1) is 13.8 Å². The van der Waals surface area contributed by atoms with Crippen LogP contribution in [0.5, 0.6) is 0 Å². The van der Waals surface area contributed by atoms with E-state index in [1.165, 1.54) is 4.31 Å². The fourth-order valence-corrected chi connectivity index (χ4v) is 4.79. The van der Waals surface area contributed by atoms with E-state index in [0.29, 0.717) is 43.2 Å². The van der Waals surface area contributed by atoms with Crippen molar-refractivity contribution >= 4 is 21.6 Å². The molecule has 3 aromatic rings. The van der Waals surface area contributed by atoms with Gasteiger partial charge in [-0.3, -0.25) is 4.79 Å². The number of sulfonamides is 1. The number of rotatable bonds is 5. The van der Waals surface area contributed by atoms with Crippen molar-refractivity contribution in [1.29, 1.82) is 0 Å². The van der Waals surface area contributed by atoms with E-state index >= 15 is 0 Å². The first kappa shape index (κ1) is 20.5. The zero-order valence-corrected chi connectivity index (χ0v) is 17.6. The first-order chi connectivity index (χ1) is 14.4. The Balaban J connectivity index is 1.44. The Labute approximate surface area is 174 Å². The molecule has 0 saturated carbocycles. The van der Waals surface area contributed by atoms with Crippen LogP contribution in [0.3, 0.4) is 0 Å². The molecule has 0 spiro atoms. The van der Waals surface area contributed by atoms with Gasteiger partial charge in [0, 0.05) is 31.9 Å². The normalized spacial score (nSPS) is 15.4. The quantitative estimate of drug-likeness (QED) is 0.655. The van der Waals surface area contributed by atoms with Crippen LogP contribution >= 0.6 is 0 Å². The van der Waals surface area contributed by atoms with Crippen molar-refractivity contribution in [3.8, 4) is 0 Å². The zero-order chi connectivity index (χ0) is 21.3. The van der Waals surface area contributed by atoms with E-state index in [-0.39, 0.29) is 17.3 Å². The maximum atomic E-state index is 12.7. The molecule has 158 valence electrons. The van der Waals surface area contributed by atoms with Crippen molar-refractivity contribution < 1.29 is 17.9 Å². The lowest BCUT2D eigenvalue weighted by atomic mass is 10.2. The van der Waals surface area contributed by atoms with Crippen LogP contribution in [-0.2, 0) is 21.3 Å². The summed E-state index contributed by atoms with van der Waals surface area (Å²) in [6.45, 7) is 5.48. The fraction of sp³-hybridized carbons (Fsp3) is 0.350. The summed E-state index contributed by atoms with van der Waals surface area (Å²) >= 11 is 0. The van der Waals surface area contributed by atoms with Crippen molar-refractivity contribution in [2.75, 3.05) is 26.3 Å². The van der Waals surface area contributed by atoms with Crippen LogP contribution in [0.4, 0.5) is 0 Å². The monoisotopic (exact) mass is 429 g/mol. The molecule has 9 nitrogen and oxygen atoms in total. The van der Waals surface area contributed by atoms with Crippen LogP contribution in [-0.4, -0.2) is 59.5 Å². The minimum absolute atomic E-state index is 0.235. The van der Waals surface area contributed by atoms with Crippen molar-refractivity contribution in [2.24, 2.45) is 0 Å². The Bertz CT molecular complexity index is 1180. The molecule has 1 fully saturated rings. The molecule has 4 rings (SSSR count). The van der Waals surface area contributed by atoms with Gasteiger partial charge in [-0.25, -0.2) is 17.9 Å². The van der Waals surface area contributed by atoms with Crippen LogP contribution in [0.2, 0.25) is 0 Å². The fourth-order valence-electron chi connectivity index (χ4n) is 3.38. The molecular formula is C20H23N5O4S. The van der Waals surface area contributed by atoms with Gasteiger partial charge < -0.3 is 10.1 Å². The third-order valence-electron chi connectivity index (χ3n) is 5.08. The lowest BCUT2D eigenvalue weighted by molar-refractivity contribution is 0.0730. The molecule has 1 amide bonds. The highest BCUT2D eigenvalue weighted by atomic mass is 32.2. The van der Waals surface area contributed by atoms with Crippen LogP contribution < -0.4 is 5.32 Å². The molecule has 1 aromatic carbocycles. The maximum absolute atomic E-state index is 12.7. The summed E-state index contributed by atoms with van der Waals surface area (Å²) in [6.07, 6.45) is 1.54. The molecule has 0 bridgehead atoms. The highest BCUT2D eigenvalue weighted by molar-refractivity contribution is 7.89. The van der Waals surface area contributed by atoms with Crippen molar-refractivity contribution in [2.45, 2.75) is 25.3 Å². The molecule has 2 aromatic heterocycles. The minimum atomic E-state index is -3.53. The summed E-state index contributed by atoms with van der Waals surface area (Å²) in [7, 11) is -3.53. The lowest BCUT2D eigenvalue weighted by Crippen LogP contribution is -2.40. The van der Waals surface area contributed by atoms with E-state index < -0.39 is 10.0 Å². The highest BCUT2D eigenvalue weighted by Gasteiger charge is 2.26. The van der Waals surface area contributed by atoms with Gasteiger partial charge in [-0.1, -0.05) is 12.1 Å². The van der Waals surface area contributed by atoms with Gasteiger partial charge in [0.15, 0.2) is 5.65 Å². The van der Waals surface area contributed by atoms with Crippen LogP contribution in [0.25, 0.3) is 5.65 Å². The Morgan fingerprint density at radius 1 is 1.17 bits per heavy atom. The zero-order valence-electron chi connectivity index (χ0n) is 16.8. The van der Waals surface area contributed by atoms with Crippen molar-refractivity contribution in [3.05, 3.63) is 59.0 Å². The largest absolute Gasteiger partial charge is 0.379 e. The molecule has 1 aliphatic heterocycles. The number of amides is 1. The molecule has 30 heavy (non-hydrogen) atoms. The smallest absolute Gasteiger partial charge is 0.254 e. The number of carbonyl (C=O) groups excluding carboxylic acids is 1. The van der Waals surface area contributed by atoms with E-state index in [1.54, 1.807) is 35.0 Å². The average molecular weight is 430 g/mol. The second-order valence-corrected chi connectivity index (χ2v) is 9.09. The SMILES string of the molecule is Cc1cc2ncc(C(=O)NCc3ccc(S(=O)(=O)N4CCOCC4)cc3)c(C)n2n1. The number of ether oxygens (including phenoxy) is 1. The summed E-state index contributed by atoms with van der Waals surface area (Å²) in [6, 6.07) is 8.40. The molecule has 0 aliphatic carbocycles. The Morgan fingerprint density at radius 3 is 2.57 bits per heavy atom. The standard InChI is InChI=1S/C20H23N5O4S/c1-14-11-19-21-13-18(15(2)25(19)23-14)20(26)22-12-16-3-5-17(6-4-16)30(27,28)24-7-9-29-10-8-24/h3-6,11,13H,7-10,12H2,1-2H3,(H,22,26). The van der Waals surface area contributed by atoms with Gasteiger partial charge in [0.2, 0.25) is 10.0 Å². The van der Waals surface area contributed by atoms with E-state index in [9.17, 15) is 13.2 Å². The van der Waals surface area contributed by atoms with Gasteiger partial charge >= 0.3 is 0 Å².